The van der Waals surface area contributed by atoms with Gasteiger partial charge in [0.05, 0.1) is 18.9 Å². The van der Waals surface area contributed by atoms with Crippen LogP contribution in [0.25, 0.3) is 0 Å². The molecule has 7 nitrogen and oxygen atoms in total. The third kappa shape index (κ3) is 3.14. The van der Waals surface area contributed by atoms with Gasteiger partial charge in [0, 0.05) is 0 Å². The lowest BCUT2D eigenvalue weighted by molar-refractivity contribution is -0.402. The molecule has 0 amide bonds. The average molecular weight is 275 g/mol. The summed E-state index contributed by atoms with van der Waals surface area (Å²) in [5.41, 5.74) is 4.11. The summed E-state index contributed by atoms with van der Waals surface area (Å²) in [5.74, 6) is 0.787. The van der Waals surface area contributed by atoms with E-state index in [0.717, 1.165) is 11.4 Å². The highest BCUT2D eigenvalue weighted by molar-refractivity contribution is 5.96. The van der Waals surface area contributed by atoms with Gasteiger partial charge >= 0.3 is 5.88 Å². The molecule has 0 atom stereocenters. The van der Waals surface area contributed by atoms with Gasteiger partial charge in [-0.25, -0.2) is 0 Å². The third-order valence-corrected chi connectivity index (χ3v) is 2.57. The molecule has 0 bridgehead atoms. The molecule has 7 heteroatoms. The van der Waals surface area contributed by atoms with E-state index in [4.69, 9.17) is 9.15 Å². The lowest BCUT2D eigenvalue weighted by Gasteiger charge is -2.03. The molecule has 104 valence electrons. The summed E-state index contributed by atoms with van der Waals surface area (Å²) >= 11 is 0. The zero-order valence-electron chi connectivity index (χ0n) is 11.0. The van der Waals surface area contributed by atoms with Gasteiger partial charge in [-0.05, 0) is 37.3 Å². The minimum Gasteiger partial charge on any atom is -0.497 e. The first-order chi connectivity index (χ1) is 9.60. The molecular formula is C13H13N3O4. The van der Waals surface area contributed by atoms with Crippen molar-refractivity contribution in [2.75, 3.05) is 12.5 Å². The normalized spacial score (nSPS) is 11.2. The molecule has 0 saturated heterocycles. The molecule has 0 unspecified atom stereocenters. The maximum atomic E-state index is 10.5. The highest BCUT2D eigenvalue weighted by atomic mass is 16.6. The highest BCUT2D eigenvalue weighted by Gasteiger charge is 2.13. The molecule has 1 aromatic carbocycles. The smallest absolute Gasteiger partial charge is 0.433 e. The first kappa shape index (κ1) is 13.6. The van der Waals surface area contributed by atoms with Gasteiger partial charge in [0.1, 0.15) is 16.4 Å². The molecule has 0 fully saturated rings. The number of furan rings is 1. The SMILES string of the molecule is COc1ccc(NN=C(C)c2ccc([N+](=O)[O-])o2)cc1. The fourth-order valence-corrected chi connectivity index (χ4v) is 1.49. The molecule has 0 saturated carbocycles. The second kappa shape index (κ2) is 5.87. The zero-order valence-corrected chi connectivity index (χ0v) is 11.0. The van der Waals surface area contributed by atoms with Crippen molar-refractivity contribution in [3.8, 4) is 5.75 Å². The van der Waals surface area contributed by atoms with Crippen LogP contribution >= 0.6 is 0 Å². The Bertz CT molecular complexity index is 631. The average Bonchev–Trinajstić information content (AvgIpc) is 2.95. The second-order valence-electron chi connectivity index (χ2n) is 3.93. The van der Waals surface area contributed by atoms with Crippen LogP contribution in [0.3, 0.4) is 0 Å². The van der Waals surface area contributed by atoms with Gasteiger partial charge in [0.2, 0.25) is 0 Å². The fraction of sp³-hybridized carbons (Fsp3) is 0.154. The van der Waals surface area contributed by atoms with Crippen molar-refractivity contribution < 1.29 is 14.1 Å². The summed E-state index contributed by atoms with van der Waals surface area (Å²) in [6, 6.07) is 10.0. The first-order valence-corrected chi connectivity index (χ1v) is 5.79. The summed E-state index contributed by atoms with van der Waals surface area (Å²) in [7, 11) is 1.59. The number of hydrogen-bond acceptors (Lipinski definition) is 6. The van der Waals surface area contributed by atoms with Crippen molar-refractivity contribution in [2.45, 2.75) is 6.92 Å². The lowest BCUT2D eigenvalue weighted by Crippen LogP contribution is -1.98. The number of hydrazone groups is 1. The van der Waals surface area contributed by atoms with Crippen LogP contribution in [-0.2, 0) is 0 Å². The number of rotatable bonds is 5. The molecule has 0 radical (unpaired) electrons. The maximum Gasteiger partial charge on any atom is 0.433 e. The summed E-state index contributed by atoms with van der Waals surface area (Å²) in [4.78, 5) is 9.93. The van der Waals surface area contributed by atoms with E-state index in [1.165, 1.54) is 12.1 Å². The van der Waals surface area contributed by atoms with Gasteiger partial charge in [0.25, 0.3) is 0 Å². The van der Waals surface area contributed by atoms with Crippen molar-refractivity contribution in [3.05, 3.63) is 52.3 Å². The van der Waals surface area contributed by atoms with Gasteiger partial charge in [-0.3, -0.25) is 15.5 Å². The molecule has 2 rings (SSSR count). The van der Waals surface area contributed by atoms with Crippen molar-refractivity contribution in [1.29, 1.82) is 0 Å². The van der Waals surface area contributed by atoms with Crippen LogP contribution in [0.5, 0.6) is 5.75 Å². The molecule has 2 aromatic rings. The Kier molecular flexibility index (Phi) is 3.99. The standard InChI is InChI=1S/C13H13N3O4/c1-9(12-7-8-13(20-12)16(17)18)14-15-10-3-5-11(19-2)6-4-10/h3-8,15H,1-2H3. The third-order valence-electron chi connectivity index (χ3n) is 2.57. The molecule has 0 spiro atoms. The van der Waals surface area contributed by atoms with Crippen LogP contribution in [0.2, 0.25) is 0 Å². The number of nitrogens with zero attached hydrogens (tertiary/aromatic N) is 2. The number of benzene rings is 1. The zero-order chi connectivity index (χ0) is 14.5. The Morgan fingerprint density at radius 2 is 2.00 bits per heavy atom. The van der Waals surface area contributed by atoms with E-state index in [1.807, 2.05) is 0 Å². The Hall–Kier alpha value is -2.83. The van der Waals surface area contributed by atoms with E-state index < -0.39 is 4.92 Å². The van der Waals surface area contributed by atoms with Gasteiger partial charge in [-0.2, -0.15) is 5.10 Å². The van der Waals surface area contributed by atoms with Crippen LogP contribution in [0.15, 0.2) is 45.9 Å². The summed E-state index contributed by atoms with van der Waals surface area (Å²) in [6.07, 6.45) is 0. The lowest BCUT2D eigenvalue weighted by atomic mass is 10.3. The molecule has 0 aliphatic rings. The van der Waals surface area contributed by atoms with Gasteiger partial charge in [-0.1, -0.05) is 0 Å². The Morgan fingerprint density at radius 1 is 1.30 bits per heavy atom. The molecule has 1 heterocycles. The van der Waals surface area contributed by atoms with E-state index in [1.54, 1.807) is 38.3 Å². The van der Waals surface area contributed by atoms with Crippen LogP contribution in [-0.4, -0.2) is 17.7 Å². The second-order valence-corrected chi connectivity index (χ2v) is 3.93. The van der Waals surface area contributed by atoms with Crippen LogP contribution in [0.4, 0.5) is 11.6 Å². The Morgan fingerprint density at radius 3 is 2.55 bits per heavy atom. The van der Waals surface area contributed by atoms with Gasteiger partial charge in [0.15, 0.2) is 5.76 Å². The number of hydrogen-bond donors (Lipinski definition) is 1. The predicted molar refractivity (Wildman–Crippen MR) is 74.2 cm³/mol. The van der Waals surface area contributed by atoms with Crippen LogP contribution in [0.1, 0.15) is 12.7 Å². The first-order valence-electron chi connectivity index (χ1n) is 5.79. The number of anilines is 1. The maximum absolute atomic E-state index is 10.5. The van der Waals surface area contributed by atoms with E-state index in [-0.39, 0.29) is 5.88 Å². The molecule has 1 N–H and O–H groups in total. The number of methoxy groups -OCH3 is 1. The number of nitrogens with one attached hydrogen (secondary N) is 1. The Balaban J connectivity index is 2.07. The topological polar surface area (TPSA) is 89.9 Å². The predicted octanol–water partition coefficient (Wildman–Crippen LogP) is 3.03. The van der Waals surface area contributed by atoms with Crippen molar-refractivity contribution in [2.24, 2.45) is 5.10 Å². The monoisotopic (exact) mass is 275 g/mol. The van der Waals surface area contributed by atoms with Gasteiger partial charge < -0.3 is 9.15 Å². The minimum absolute atomic E-state index is 0.306. The van der Waals surface area contributed by atoms with Crippen LogP contribution < -0.4 is 10.2 Å². The number of nitro groups is 1. The highest BCUT2D eigenvalue weighted by Crippen LogP contribution is 2.17. The molecule has 0 aliphatic heterocycles. The van der Waals surface area contributed by atoms with Crippen LogP contribution in [0, 0.1) is 10.1 Å². The molecule has 20 heavy (non-hydrogen) atoms. The minimum atomic E-state index is -0.590. The fourth-order valence-electron chi connectivity index (χ4n) is 1.49. The molecule has 0 aliphatic carbocycles. The largest absolute Gasteiger partial charge is 0.497 e. The van der Waals surface area contributed by atoms with E-state index in [9.17, 15) is 10.1 Å². The Labute approximate surface area is 115 Å². The van der Waals surface area contributed by atoms with E-state index in [2.05, 4.69) is 10.5 Å². The number of ether oxygens (including phenoxy) is 1. The molecular weight excluding hydrogens is 262 g/mol. The van der Waals surface area contributed by atoms with Crippen molar-refractivity contribution >= 4 is 17.3 Å². The summed E-state index contributed by atoms with van der Waals surface area (Å²) < 4.78 is 10.1. The van der Waals surface area contributed by atoms with Crippen molar-refractivity contribution in [1.82, 2.24) is 0 Å². The van der Waals surface area contributed by atoms with Gasteiger partial charge in [-0.15, -0.1) is 0 Å². The van der Waals surface area contributed by atoms with E-state index in [0.29, 0.717) is 11.5 Å². The summed E-state index contributed by atoms with van der Waals surface area (Å²) in [5, 5.41) is 14.6. The van der Waals surface area contributed by atoms with Crippen molar-refractivity contribution in [3.63, 3.8) is 0 Å². The quantitative estimate of drug-likeness (QED) is 0.514. The van der Waals surface area contributed by atoms with E-state index >= 15 is 0 Å². The summed E-state index contributed by atoms with van der Waals surface area (Å²) in [6.45, 7) is 1.69. The molecule has 1 aromatic heterocycles.